The number of rotatable bonds is 9. The van der Waals surface area contributed by atoms with Gasteiger partial charge in [-0.1, -0.05) is 13.8 Å². The topological polar surface area (TPSA) is 78.0 Å². The number of ether oxygens (including phenoxy) is 1. The van der Waals surface area contributed by atoms with Crippen molar-refractivity contribution < 1.29 is 4.74 Å². The quantitative estimate of drug-likeness (QED) is 0.521. The summed E-state index contributed by atoms with van der Waals surface area (Å²) in [6, 6.07) is 0.0113. The lowest BCUT2D eigenvalue weighted by atomic mass is 9.91. The van der Waals surface area contributed by atoms with E-state index in [1.165, 1.54) is 0 Å². The Morgan fingerprint density at radius 3 is 2.74 bits per heavy atom. The minimum absolute atomic E-state index is 0.0113. The molecule has 19 heavy (non-hydrogen) atoms. The van der Waals surface area contributed by atoms with Crippen LogP contribution in [-0.2, 0) is 17.7 Å². The van der Waals surface area contributed by atoms with E-state index in [9.17, 15) is 0 Å². The molecule has 2 unspecified atom stereocenters. The third-order valence-corrected chi connectivity index (χ3v) is 3.63. The van der Waals surface area contributed by atoms with Crippen molar-refractivity contribution in [3.05, 3.63) is 12.2 Å². The molecule has 0 amide bonds. The molecule has 6 heteroatoms. The highest BCUT2D eigenvalue weighted by Gasteiger charge is 2.33. The lowest BCUT2D eigenvalue weighted by Crippen LogP contribution is -2.54. The lowest BCUT2D eigenvalue weighted by Gasteiger charge is -2.36. The van der Waals surface area contributed by atoms with Crippen LogP contribution in [0.4, 0.5) is 0 Å². The highest BCUT2D eigenvalue weighted by atomic mass is 16.5. The normalized spacial score (nSPS) is 16.3. The van der Waals surface area contributed by atoms with E-state index in [2.05, 4.69) is 36.3 Å². The predicted octanol–water partition coefficient (Wildman–Crippen LogP) is 1.27. The SMILES string of the molecule is CCCn1ncnc1CC(NN)C(C)(CC)OCC. The molecule has 0 spiro atoms. The molecule has 0 saturated carbocycles. The second-order valence-electron chi connectivity index (χ2n) is 4.92. The highest BCUT2D eigenvalue weighted by Crippen LogP contribution is 2.22. The van der Waals surface area contributed by atoms with E-state index in [4.69, 9.17) is 10.6 Å². The van der Waals surface area contributed by atoms with Crippen molar-refractivity contribution in [2.24, 2.45) is 5.84 Å². The maximum atomic E-state index is 5.88. The molecule has 0 saturated heterocycles. The Morgan fingerprint density at radius 2 is 2.21 bits per heavy atom. The zero-order chi connectivity index (χ0) is 14.3. The molecule has 0 aliphatic carbocycles. The summed E-state index contributed by atoms with van der Waals surface area (Å²) in [5.74, 6) is 6.67. The van der Waals surface area contributed by atoms with Crippen LogP contribution in [0.5, 0.6) is 0 Å². The van der Waals surface area contributed by atoms with Crippen molar-refractivity contribution in [2.75, 3.05) is 6.61 Å². The minimum atomic E-state index is -0.299. The van der Waals surface area contributed by atoms with Gasteiger partial charge in [-0.2, -0.15) is 5.10 Å². The van der Waals surface area contributed by atoms with Gasteiger partial charge >= 0.3 is 0 Å². The van der Waals surface area contributed by atoms with Crippen LogP contribution in [0.15, 0.2) is 6.33 Å². The van der Waals surface area contributed by atoms with Crippen LogP contribution >= 0.6 is 0 Å². The first-order valence-corrected chi connectivity index (χ1v) is 7.08. The van der Waals surface area contributed by atoms with Crippen LogP contribution in [0.25, 0.3) is 0 Å². The fraction of sp³-hybridized carbons (Fsp3) is 0.846. The molecule has 1 aromatic heterocycles. The Morgan fingerprint density at radius 1 is 1.47 bits per heavy atom. The summed E-state index contributed by atoms with van der Waals surface area (Å²) >= 11 is 0. The minimum Gasteiger partial charge on any atom is -0.374 e. The van der Waals surface area contributed by atoms with Crippen molar-refractivity contribution in [1.29, 1.82) is 0 Å². The summed E-state index contributed by atoms with van der Waals surface area (Å²) in [5.41, 5.74) is 2.58. The first-order chi connectivity index (χ1) is 9.11. The van der Waals surface area contributed by atoms with Crippen LogP contribution in [0.1, 0.15) is 46.4 Å². The highest BCUT2D eigenvalue weighted by molar-refractivity contribution is 4.97. The van der Waals surface area contributed by atoms with E-state index < -0.39 is 0 Å². The summed E-state index contributed by atoms with van der Waals surface area (Å²) in [6.45, 7) is 9.87. The maximum Gasteiger partial charge on any atom is 0.138 e. The molecule has 0 bridgehead atoms. The molecule has 0 aromatic carbocycles. The second kappa shape index (κ2) is 7.57. The van der Waals surface area contributed by atoms with Gasteiger partial charge in [0.05, 0.1) is 11.6 Å². The number of hydrogen-bond acceptors (Lipinski definition) is 5. The van der Waals surface area contributed by atoms with E-state index in [-0.39, 0.29) is 11.6 Å². The largest absolute Gasteiger partial charge is 0.374 e. The van der Waals surface area contributed by atoms with Gasteiger partial charge in [0.25, 0.3) is 0 Å². The molecule has 1 aromatic rings. The van der Waals surface area contributed by atoms with Crippen LogP contribution < -0.4 is 11.3 Å². The van der Waals surface area contributed by atoms with E-state index in [1.54, 1.807) is 6.33 Å². The number of nitrogens with one attached hydrogen (secondary N) is 1. The molecule has 0 fully saturated rings. The third-order valence-electron chi connectivity index (χ3n) is 3.63. The van der Waals surface area contributed by atoms with Gasteiger partial charge in [0.15, 0.2) is 0 Å². The number of aromatic nitrogens is 3. The molecule has 3 N–H and O–H groups in total. The van der Waals surface area contributed by atoms with Crippen LogP contribution in [0.3, 0.4) is 0 Å². The van der Waals surface area contributed by atoms with Crippen LogP contribution in [-0.4, -0.2) is 33.0 Å². The number of hydrazine groups is 1. The molecule has 0 aliphatic heterocycles. The molecule has 1 heterocycles. The van der Waals surface area contributed by atoms with E-state index in [1.807, 2.05) is 11.6 Å². The van der Waals surface area contributed by atoms with Gasteiger partial charge in [-0.05, 0) is 26.7 Å². The fourth-order valence-electron chi connectivity index (χ4n) is 2.26. The molecule has 0 radical (unpaired) electrons. The number of aryl methyl sites for hydroxylation is 1. The van der Waals surface area contributed by atoms with Gasteiger partial charge in [-0.3, -0.25) is 16.0 Å². The lowest BCUT2D eigenvalue weighted by molar-refractivity contribution is -0.0556. The van der Waals surface area contributed by atoms with Crippen molar-refractivity contribution >= 4 is 0 Å². The van der Waals surface area contributed by atoms with Gasteiger partial charge in [-0.15, -0.1) is 0 Å². The first-order valence-electron chi connectivity index (χ1n) is 7.08. The molecular weight excluding hydrogens is 242 g/mol. The molecule has 2 atom stereocenters. The third kappa shape index (κ3) is 3.99. The van der Waals surface area contributed by atoms with Crippen molar-refractivity contribution in [3.8, 4) is 0 Å². The Kier molecular flexibility index (Phi) is 6.41. The average molecular weight is 269 g/mol. The van der Waals surface area contributed by atoms with Crippen molar-refractivity contribution in [3.63, 3.8) is 0 Å². The smallest absolute Gasteiger partial charge is 0.138 e. The van der Waals surface area contributed by atoms with Gasteiger partial charge in [0.1, 0.15) is 12.2 Å². The van der Waals surface area contributed by atoms with Crippen LogP contribution in [0.2, 0.25) is 0 Å². The van der Waals surface area contributed by atoms with Crippen LogP contribution in [0, 0.1) is 0 Å². The standard InChI is InChI=1S/C13H27N5O/c1-5-8-18-12(15-10-16-18)9-11(17-14)13(4,6-2)19-7-3/h10-11,17H,5-9,14H2,1-4H3. The summed E-state index contributed by atoms with van der Waals surface area (Å²) in [5, 5.41) is 4.24. The summed E-state index contributed by atoms with van der Waals surface area (Å²) < 4.78 is 7.82. The Labute approximate surface area is 115 Å². The molecule has 6 nitrogen and oxygen atoms in total. The van der Waals surface area contributed by atoms with Gasteiger partial charge in [0.2, 0.25) is 0 Å². The van der Waals surface area contributed by atoms with E-state index in [0.29, 0.717) is 13.0 Å². The summed E-state index contributed by atoms with van der Waals surface area (Å²) in [6.07, 6.45) is 4.23. The zero-order valence-electron chi connectivity index (χ0n) is 12.5. The maximum absolute atomic E-state index is 5.88. The van der Waals surface area contributed by atoms with Crippen molar-refractivity contribution in [1.82, 2.24) is 20.2 Å². The van der Waals surface area contributed by atoms with Gasteiger partial charge in [-0.25, -0.2) is 4.98 Å². The van der Waals surface area contributed by atoms with E-state index in [0.717, 1.165) is 25.2 Å². The number of hydrogen-bond donors (Lipinski definition) is 2. The molecule has 110 valence electrons. The number of nitrogens with two attached hydrogens (primary N) is 1. The van der Waals surface area contributed by atoms with Gasteiger partial charge in [0, 0.05) is 19.6 Å². The van der Waals surface area contributed by atoms with E-state index >= 15 is 0 Å². The predicted molar refractivity (Wildman–Crippen MR) is 75.5 cm³/mol. The average Bonchev–Trinajstić information content (AvgIpc) is 2.84. The first kappa shape index (κ1) is 16.1. The summed E-state index contributed by atoms with van der Waals surface area (Å²) in [4.78, 5) is 4.33. The number of nitrogens with zero attached hydrogens (tertiary/aromatic N) is 3. The Balaban J connectivity index is 2.83. The van der Waals surface area contributed by atoms with Crippen molar-refractivity contribution in [2.45, 2.75) is 65.1 Å². The fourth-order valence-corrected chi connectivity index (χ4v) is 2.26. The molecule has 0 aliphatic rings. The summed E-state index contributed by atoms with van der Waals surface area (Å²) in [7, 11) is 0. The Bertz CT molecular complexity index is 368. The second-order valence-corrected chi connectivity index (χ2v) is 4.92. The molecule has 1 rings (SSSR count). The zero-order valence-corrected chi connectivity index (χ0v) is 12.5. The van der Waals surface area contributed by atoms with Gasteiger partial charge < -0.3 is 4.74 Å². The monoisotopic (exact) mass is 269 g/mol. The Hall–Kier alpha value is -0.980. The molecular formula is C13H27N5O.